The summed E-state index contributed by atoms with van der Waals surface area (Å²) in [4.78, 5) is 0. The molecule has 0 saturated heterocycles. The first kappa shape index (κ1) is 17.7. The molecule has 2 heteroatoms. The van der Waals surface area contributed by atoms with E-state index in [0.717, 1.165) is 0 Å². The molecule has 0 radical (unpaired) electrons. The lowest BCUT2D eigenvalue weighted by Crippen LogP contribution is -2.16. The van der Waals surface area contributed by atoms with Crippen molar-refractivity contribution in [1.82, 2.24) is 5.32 Å². The molecule has 0 amide bonds. The third-order valence-electron chi connectivity index (χ3n) is 3.19. The fourth-order valence-electron chi connectivity index (χ4n) is 2.03. The summed E-state index contributed by atoms with van der Waals surface area (Å²) in [5.74, 6) is 0. The van der Waals surface area contributed by atoms with Crippen molar-refractivity contribution in [2.45, 2.75) is 77.6 Å². The fourth-order valence-corrected chi connectivity index (χ4v) is 2.57. The summed E-state index contributed by atoms with van der Waals surface area (Å²) in [6.45, 7) is 4.75. The lowest BCUT2D eigenvalue weighted by atomic mass is 10.1. The van der Waals surface area contributed by atoms with Gasteiger partial charge in [-0.05, 0) is 36.8 Å². The van der Waals surface area contributed by atoms with Gasteiger partial charge in [0.15, 0.2) is 0 Å². The van der Waals surface area contributed by atoms with Crippen molar-refractivity contribution in [3.8, 4) is 0 Å². The molecule has 0 atom stereocenters. The third-order valence-corrected chi connectivity index (χ3v) is 3.96. The minimum atomic E-state index is 1.23. The highest BCUT2D eigenvalue weighted by molar-refractivity contribution is 14.1. The fraction of sp³-hybridized carbons (Fsp3) is 1.00. The molecule has 0 saturated carbocycles. The summed E-state index contributed by atoms with van der Waals surface area (Å²) < 4.78 is 1.32. The Morgan fingerprint density at radius 2 is 1.12 bits per heavy atom. The van der Waals surface area contributed by atoms with Crippen LogP contribution in [-0.4, -0.2) is 17.5 Å². The number of hydrogen-bond donors (Lipinski definition) is 1. The van der Waals surface area contributed by atoms with E-state index >= 15 is 0 Å². The van der Waals surface area contributed by atoms with Crippen molar-refractivity contribution in [2.24, 2.45) is 0 Å². The Bertz CT molecular complexity index is 114. The van der Waals surface area contributed by atoms with E-state index in [1.165, 1.54) is 88.1 Å². The van der Waals surface area contributed by atoms with E-state index in [9.17, 15) is 0 Å². The minimum absolute atomic E-state index is 1.23. The van der Waals surface area contributed by atoms with Gasteiger partial charge in [0.1, 0.15) is 0 Å². The lowest BCUT2D eigenvalue weighted by Gasteiger charge is -2.04. The van der Waals surface area contributed by atoms with Crippen LogP contribution in [0.2, 0.25) is 0 Å². The van der Waals surface area contributed by atoms with Crippen molar-refractivity contribution in [3.63, 3.8) is 0 Å². The monoisotopic (exact) mass is 353 g/mol. The minimum Gasteiger partial charge on any atom is -0.317 e. The van der Waals surface area contributed by atoms with E-state index in [0.29, 0.717) is 0 Å². The molecule has 1 nitrogen and oxygen atoms in total. The quantitative estimate of drug-likeness (QED) is 0.253. The molecule has 0 aliphatic rings. The molecule has 17 heavy (non-hydrogen) atoms. The molecule has 0 aromatic carbocycles. The number of halogens is 1. The standard InChI is InChI=1S/C15H32IN/c1-2-3-4-5-6-8-11-14-17-15-12-9-7-10-13-16/h17H,2-15H2,1H3. The molecule has 0 aromatic rings. The van der Waals surface area contributed by atoms with Gasteiger partial charge in [-0.15, -0.1) is 0 Å². The molecule has 0 aliphatic heterocycles. The Hall–Kier alpha value is 0.690. The number of nitrogens with one attached hydrogen (secondary N) is 1. The summed E-state index contributed by atoms with van der Waals surface area (Å²) in [6, 6.07) is 0. The summed E-state index contributed by atoms with van der Waals surface area (Å²) in [7, 11) is 0. The van der Waals surface area contributed by atoms with Crippen molar-refractivity contribution < 1.29 is 0 Å². The highest BCUT2D eigenvalue weighted by Crippen LogP contribution is 2.06. The Kier molecular flexibility index (Phi) is 17.4. The number of alkyl halides is 1. The van der Waals surface area contributed by atoms with E-state index in [4.69, 9.17) is 0 Å². The first-order chi connectivity index (χ1) is 8.41. The Balaban J connectivity index is 2.85. The SMILES string of the molecule is CCCCCCCCCNCCCCCCI. The molecule has 0 heterocycles. The van der Waals surface area contributed by atoms with Gasteiger partial charge in [0, 0.05) is 0 Å². The zero-order chi connectivity index (χ0) is 12.6. The molecule has 0 bridgehead atoms. The molecule has 0 spiro atoms. The van der Waals surface area contributed by atoms with Crippen LogP contribution in [-0.2, 0) is 0 Å². The Morgan fingerprint density at radius 1 is 0.647 bits per heavy atom. The van der Waals surface area contributed by atoms with E-state index in [-0.39, 0.29) is 0 Å². The van der Waals surface area contributed by atoms with E-state index < -0.39 is 0 Å². The molecular formula is C15H32IN. The van der Waals surface area contributed by atoms with Gasteiger partial charge in [-0.2, -0.15) is 0 Å². The molecule has 0 unspecified atom stereocenters. The average molecular weight is 353 g/mol. The van der Waals surface area contributed by atoms with E-state index in [1.54, 1.807) is 0 Å². The molecule has 0 rings (SSSR count). The maximum absolute atomic E-state index is 3.56. The average Bonchev–Trinajstić information content (AvgIpc) is 2.35. The first-order valence-corrected chi connectivity index (χ1v) is 9.21. The van der Waals surface area contributed by atoms with E-state index in [2.05, 4.69) is 34.8 Å². The van der Waals surface area contributed by atoms with Crippen LogP contribution in [0.25, 0.3) is 0 Å². The van der Waals surface area contributed by atoms with Crippen LogP contribution in [0.1, 0.15) is 77.6 Å². The third kappa shape index (κ3) is 16.7. The van der Waals surface area contributed by atoms with Gasteiger partial charge >= 0.3 is 0 Å². The second-order valence-electron chi connectivity index (χ2n) is 4.97. The van der Waals surface area contributed by atoms with Crippen LogP contribution in [0.3, 0.4) is 0 Å². The van der Waals surface area contributed by atoms with Crippen LogP contribution in [0.15, 0.2) is 0 Å². The van der Waals surface area contributed by atoms with Gasteiger partial charge in [-0.1, -0.05) is 80.9 Å². The predicted octanol–water partition coefficient (Wildman–Crippen LogP) is 5.32. The van der Waals surface area contributed by atoms with Gasteiger partial charge in [-0.25, -0.2) is 0 Å². The van der Waals surface area contributed by atoms with Crippen LogP contribution < -0.4 is 5.32 Å². The first-order valence-electron chi connectivity index (χ1n) is 7.68. The number of unbranched alkanes of at least 4 members (excludes halogenated alkanes) is 9. The summed E-state index contributed by atoms with van der Waals surface area (Å²) in [5.41, 5.74) is 0. The second kappa shape index (κ2) is 16.7. The molecule has 0 aromatic heterocycles. The van der Waals surface area contributed by atoms with Crippen molar-refractivity contribution in [3.05, 3.63) is 0 Å². The normalized spacial score (nSPS) is 10.9. The van der Waals surface area contributed by atoms with Gasteiger partial charge < -0.3 is 5.32 Å². The van der Waals surface area contributed by atoms with Crippen LogP contribution >= 0.6 is 22.6 Å². The van der Waals surface area contributed by atoms with Gasteiger partial charge in [0.2, 0.25) is 0 Å². The molecule has 104 valence electrons. The Labute approximate surface area is 123 Å². The number of hydrogen-bond acceptors (Lipinski definition) is 1. The zero-order valence-corrected chi connectivity index (χ0v) is 13.9. The second-order valence-corrected chi connectivity index (χ2v) is 6.05. The number of rotatable bonds is 14. The summed E-state index contributed by atoms with van der Waals surface area (Å²) in [6.07, 6.45) is 15.5. The largest absolute Gasteiger partial charge is 0.317 e. The smallest absolute Gasteiger partial charge is 0.000473 e. The topological polar surface area (TPSA) is 12.0 Å². The predicted molar refractivity (Wildman–Crippen MR) is 88.2 cm³/mol. The molecule has 0 fully saturated rings. The van der Waals surface area contributed by atoms with Gasteiger partial charge in [-0.3, -0.25) is 0 Å². The van der Waals surface area contributed by atoms with Crippen LogP contribution in [0, 0.1) is 0 Å². The highest BCUT2D eigenvalue weighted by atomic mass is 127. The van der Waals surface area contributed by atoms with Crippen molar-refractivity contribution >= 4 is 22.6 Å². The van der Waals surface area contributed by atoms with Crippen molar-refractivity contribution in [1.29, 1.82) is 0 Å². The zero-order valence-electron chi connectivity index (χ0n) is 11.8. The van der Waals surface area contributed by atoms with Gasteiger partial charge in [0.25, 0.3) is 0 Å². The molecule has 1 N–H and O–H groups in total. The van der Waals surface area contributed by atoms with Crippen molar-refractivity contribution in [2.75, 3.05) is 17.5 Å². The Morgan fingerprint density at radius 3 is 1.65 bits per heavy atom. The molecular weight excluding hydrogens is 321 g/mol. The van der Waals surface area contributed by atoms with Crippen LogP contribution in [0.5, 0.6) is 0 Å². The summed E-state index contributed by atoms with van der Waals surface area (Å²) in [5, 5.41) is 3.56. The lowest BCUT2D eigenvalue weighted by molar-refractivity contribution is 0.547. The maximum Gasteiger partial charge on any atom is -0.000473 e. The van der Waals surface area contributed by atoms with Gasteiger partial charge in [0.05, 0.1) is 0 Å². The maximum atomic E-state index is 3.56. The van der Waals surface area contributed by atoms with E-state index in [1.807, 2.05) is 0 Å². The van der Waals surface area contributed by atoms with Crippen LogP contribution in [0.4, 0.5) is 0 Å². The molecule has 0 aliphatic carbocycles. The highest BCUT2D eigenvalue weighted by Gasteiger charge is 1.92. The summed E-state index contributed by atoms with van der Waals surface area (Å²) >= 11 is 2.47.